The summed E-state index contributed by atoms with van der Waals surface area (Å²) >= 11 is 1.75. The SMILES string of the molecule is B[TeH].[W].[Zn]. The van der Waals surface area contributed by atoms with E-state index in [-0.39, 0.29) is 40.5 Å². The molecule has 0 aromatic heterocycles. The van der Waals surface area contributed by atoms with Crippen molar-refractivity contribution in [2.75, 3.05) is 0 Å². The third-order valence-electron chi connectivity index (χ3n) is 0. The first kappa shape index (κ1) is 16.4. The van der Waals surface area contributed by atoms with E-state index in [1.165, 1.54) is 0 Å². The van der Waals surface area contributed by atoms with Crippen LogP contribution in [0.3, 0.4) is 0 Å². The van der Waals surface area contributed by atoms with Crippen molar-refractivity contribution in [2.45, 2.75) is 0 Å². The van der Waals surface area contributed by atoms with Crippen LogP contribution >= 0.6 is 0 Å². The van der Waals surface area contributed by atoms with E-state index in [0.717, 1.165) is 0 Å². The molecule has 0 bridgehead atoms. The van der Waals surface area contributed by atoms with Gasteiger partial charge in [0.15, 0.2) is 0 Å². The van der Waals surface area contributed by atoms with Crippen LogP contribution in [0.1, 0.15) is 0 Å². The summed E-state index contributed by atoms with van der Waals surface area (Å²) in [6.07, 6.45) is 0. The smallest absolute Gasteiger partial charge is 0 e. The van der Waals surface area contributed by atoms with Crippen LogP contribution in [0.25, 0.3) is 0 Å². The van der Waals surface area contributed by atoms with Crippen molar-refractivity contribution in [1.29, 1.82) is 0 Å². The molecule has 0 fully saturated rings. The van der Waals surface area contributed by atoms with Gasteiger partial charge in [-0.25, -0.2) is 0 Å². The Morgan fingerprint density at radius 1 is 1.25 bits per heavy atom. The zero-order valence-electron chi connectivity index (χ0n) is 2.56. The average Bonchev–Trinajstić information content (AvgIpc) is 1.00. The van der Waals surface area contributed by atoms with E-state index in [4.69, 9.17) is 0 Å². The fourth-order valence-corrected chi connectivity index (χ4v) is 0. The molecule has 0 amide bonds. The van der Waals surface area contributed by atoms with Gasteiger partial charge in [0.25, 0.3) is 0 Å². The van der Waals surface area contributed by atoms with Gasteiger partial charge in [0.05, 0.1) is 0 Å². The van der Waals surface area contributed by atoms with Crippen LogP contribution in [0.15, 0.2) is 0 Å². The second kappa shape index (κ2) is 19.1. The molecule has 0 atom stereocenters. The number of rotatable bonds is 0. The van der Waals surface area contributed by atoms with Crippen molar-refractivity contribution in [3.63, 3.8) is 0 Å². The summed E-state index contributed by atoms with van der Waals surface area (Å²) in [6, 6.07) is 0. The Kier molecular flexibility index (Phi) is 78.4. The van der Waals surface area contributed by atoms with Gasteiger partial charge in [0.1, 0.15) is 0 Å². The molecule has 0 rings (SSSR count). The molecule has 0 aliphatic heterocycles. The van der Waals surface area contributed by atoms with Crippen LogP contribution in [-0.2, 0) is 40.5 Å². The van der Waals surface area contributed by atoms with E-state index in [0.29, 0.717) is 0 Å². The molecule has 0 radical (unpaired) electrons. The van der Waals surface area contributed by atoms with Gasteiger partial charge in [0, 0.05) is 40.5 Å². The Hall–Kier alpha value is 2.17. The molecule has 0 aliphatic carbocycles. The zero-order chi connectivity index (χ0) is 2.00. The molecule has 4 heteroatoms. The monoisotopic (exact) mass is 392 g/mol. The maximum absolute atomic E-state index is 2.05. The van der Waals surface area contributed by atoms with E-state index in [1.54, 1.807) is 22.1 Å². The molecule has 0 aromatic carbocycles. The Bertz CT molecular complexity index is 8.00. The topological polar surface area (TPSA) is 0 Å². The Morgan fingerprint density at radius 3 is 1.25 bits per heavy atom. The van der Waals surface area contributed by atoms with Gasteiger partial charge in [-0.15, -0.1) is 0 Å². The first-order valence-electron chi connectivity index (χ1n) is 0.447. The standard InChI is InChI=1S/BH3Te.W.Zn/c1-2;;/h2H,1H2;;. The maximum atomic E-state index is 2.05. The molecule has 0 saturated carbocycles. The summed E-state index contributed by atoms with van der Waals surface area (Å²) < 4.78 is 0. The maximum Gasteiger partial charge on any atom is 0 e. The molecule has 0 N–H and O–H groups in total. The van der Waals surface area contributed by atoms with Crippen molar-refractivity contribution in [1.82, 2.24) is 0 Å². The molecule has 0 nitrogen and oxygen atoms in total. The summed E-state index contributed by atoms with van der Waals surface area (Å²) in [7, 11) is 0. The van der Waals surface area contributed by atoms with Crippen molar-refractivity contribution in [3.8, 4) is 0 Å². The van der Waals surface area contributed by atoms with E-state index < -0.39 is 0 Å². The largest absolute Gasteiger partial charge is 0 e. The predicted octanol–water partition coefficient (Wildman–Crippen LogP) is -1.57. The molecule has 0 unspecified atom stereocenters. The third-order valence-corrected chi connectivity index (χ3v) is 0. The zero-order valence-corrected chi connectivity index (χ0v) is 11.0. The first-order valence-corrected chi connectivity index (χ1v) is 3.00. The van der Waals surface area contributed by atoms with Crippen LogP contribution in [0.4, 0.5) is 0 Å². The second-order valence-electron chi connectivity index (χ2n) is 0. The van der Waals surface area contributed by atoms with Crippen molar-refractivity contribution >= 4 is 27.8 Å². The van der Waals surface area contributed by atoms with E-state index in [2.05, 4.69) is 5.75 Å². The van der Waals surface area contributed by atoms with E-state index in [1.807, 2.05) is 0 Å². The minimum atomic E-state index is 0. The van der Waals surface area contributed by atoms with E-state index in [9.17, 15) is 0 Å². The van der Waals surface area contributed by atoms with Crippen LogP contribution in [-0.4, -0.2) is 27.8 Å². The van der Waals surface area contributed by atoms with Gasteiger partial charge in [-0.3, -0.25) is 0 Å². The quantitative estimate of drug-likeness (QED) is 0.439. The van der Waals surface area contributed by atoms with Crippen LogP contribution < -0.4 is 0 Å². The minimum Gasteiger partial charge on any atom is 0 e. The molecule has 0 aliphatic rings. The van der Waals surface area contributed by atoms with E-state index >= 15 is 0 Å². The van der Waals surface area contributed by atoms with Crippen LogP contribution in [0, 0.1) is 0 Å². The van der Waals surface area contributed by atoms with Crippen molar-refractivity contribution < 1.29 is 40.5 Å². The van der Waals surface area contributed by atoms with Gasteiger partial charge in [-0.2, -0.15) is 0 Å². The molecule has 0 heterocycles. The third kappa shape index (κ3) is 8.90. The predicted molar refractivity (Wildman–Crippen MR) is 15.7 cm³/mol. The Labute approximate surface area is 67.6 Å². The number of hydrogen-bond acceptors (Lipinski definition) is 0. The van der Waals surface area contributed by atoms with Gasteiger partial charge in [-0.1, -0.05) is 0 Å². The van der Waals surface area contributed by atoms with Gasteiger partial charge in [0.2, 0.25) is 0 Å². The molecule has 4 heavy (non-hydrogen) atoms. The molecule has 0 spiro atoms. The summed E-state index contributed by atoms with van der Waals surface area (Å²) in [6.45, 7) is 0. The second-order valence-corrected chi connectivity index (χ2v) is 0. The summed E-state index contributed by atoms with van der Waals surface area (Å²) in [4.78, 5) is 0. The molecule has 0 saturated heterocycles. The van der Waals surface area contributed by atoms with Gasteiger partial charge >= 0.3 is 27.8 Å². The fraction of sp³-hybridized carbons (Fsp3) is 0. The summed E-state index contributed by atoms with van der Waals surface area (Å²) in [5.41, 5.74) is 0. The molecule has 0 aromatic rings. The number of hydrogen-bond donors (Lipinski definition) is 0. The fourth-order valence-electron chi connectivity index (χ4n) is 0. The molecular formula is H3BTeWZn. The normalized spacial score (nSPS) is 1.25. The Balaban J connectivity index is -0.00000000500. The van der Waals surface area contributed by atoms with Crippen molar-refractivity contribution in [3.05, 3.63) is 0 Å². The van der Waals surface area contributed by atoms with Gasteiger partial charge in [-0.05, 0) is 0 Å². The van der Waals surface area contributed by atoms with Gasteiger partial charge < -0.3 is 0 Å². The minimum absolute atomic E-state index is 0. The summed E-state index contributed by atoms with van der Waals surface area (Å²) in [5.74, 6) is 2.05. The van der Waals surface area contributed by atoms with Crippen LogP contribution in [0.5, 0.6) is 0 Å². The first-order chi connectivity index (χ1) is 1.00. The molecular weight excluding hydrogens is 388 g/mol. The van der Waals surface area contributed by atoms with Crippen molar-refractivity contribution in [2.24, 2.45) is 0 Å². The average molecular weight is 391 g/mol. The van der Waals surface area contributed by atoms with Crippen LogP contribution in [0.2, 0.25) is 0 Å². The Morgan fingerprint density at radius 2 is 1.25 bits per heavy atom. The molecule has 20 valence electrons. The summed E-state index contributed by atoms with van der Waals surface area (Å²) in [5, 5.41) is 0.